The predicted octanol–water partition coefficient (Wildman–Crippen LogP) is 0.924. The Morgan fingerprint density at radius 2 is 2.36 bits per heavy atom. The molecular formula is C11H15NO2. The van der Waals surface area contributed by atoms with E-state index in [4.69, 9.17) is 10.5 Å². The van der Waals surface area contributed by atoms with Gasteiger partial charge in [-0.2, -0.15) is 0 Å². The Hall–Kier alpha value is -1.06. The Balaban J connectivity index is 2.55. The second kappa shape index (κ2) is 3.26. The van der Waals surface area contributed by atoms with Crippen molar-refractivity contribution in [2.45, 2.75) is 18.9 Å². The molecule has 1 aromatic rings. The normalized spacial score (nSPS) is 25.4. The maximum atomic E-state index is 9.31. The molecule has 0 radical (unpaired) electrons. The van der Waals surface area contributed by atoms with Crippen LogP contribution >= 0.6 is 0 Å². The van der Waals surface area contributed by atoms with Crippen LogP contribution in [0.25, 0.3) is 0 Å². The van der Waals surface area contributed by atoms with E-state index in [1.54, 1.807) is 0 Å². The maximum absolute atomic E-state index is 9.31. The molecule has 2 rings (SSSR count). The van der Waals surface area contributed by atoms with Gasteiger partial charge in [-0.05, 0) is 12.5 Å². The number of aliphatic hydroxyl groups is 1. The molecule has 3 nitrogen and oxygen atoms in total. The fourth-order valence-corrected chi connectivity index (χ4v) is 1.87. The average molecular weight is 193 g/mol. The van der Waals surface area contributed by atoms with Gasteiger partial charge >= 0.3 is 0 Å². The molecule has 1 heterocycles. The van der Waals surface area contributed by atoms with Crippen molar-refractivity contribution < 1.29 is 9.84 Å². The first-order valence-electron chi connectivity index (χ1n) is 4.80. The van der Waals surface area contributed by atoms with Gasteiger partial charge in [0.25, 0.3) is 0 Å². The van der Waals surface area contributed by atoms with Crippen LogP contribution in [0.5, 0.6) is 5.75 Å². The molecule has 0 saturated heterocycles. The summed E-state index contributed by atoms with van der Waals surface area (Å²) < 4.78 is 5.56. The first-order chi connectivity index (χ1) is 6.67. The number of hydrogen-bond acceptors (Lipinski definition) is 3. The van der Waals surface area contributed by atoms with E-state index in [-0.39, 0.29) is 6.61 Å². The number of aliphatic hydroxyl groups excluding tert-OH is 1. The fraction of sp³-hybridized carbons (Fsp3) is 0.455. The molecular weight excluding hydrogens is 178 g/mol. The largest absolute Gasteiger partial charge is 0.493 e. The van der Waals surface area contributed by atoms with E-state index in [0.717, 1.165) is 16.9 Å². The minimum Gasteiger partial charge on any atom is -0.493 e. The third-order valence-electron chi connectivity index (χ3n) is 2.83. The topological polar surface area (TPSA) is 55.5 Å². The molecule has 0 aromatic heterocycles. The molecule has 3 N–H and O–H groups in total. The number of hydrogen-bond donors (Lipinski definition) is 2. The van der Waals surface area contributed by atoms with Gasteiger partial charge in [-0.15, -0.1) is 0 Å². The molecule has 0 aliphatic carbocycles. The third-order valence-corrected chi connectivity index (χ3v) is 2.83. The standard InChI is InChI=1S/C11H15NO2/c1-8-3-2-4-9-10(8)14-6-5-11(9,12)7-13/h2-4,13H,5-7,12H2,1H3. The monoisotopic (exact) mass is 193 g/mol. The zero-order chi connectivity index (χ0) is 10.2. The van der Waals surface area contributed by atoms with E-state index in [0.29, 0.717) is 13.0 Å². The van der Waals surface area contributed by atoms with E-state index in [9.17, 15) is 5.11 Å². The lowest BCUT2D eigenvalue weighted by Gasteiger charge is -2.34. The van der Waals surface area contributed by atoms with Crippen LogP contribution in [0.4, 0.5) is 0 Å². The van der Waals surface area contributed by atoms with Gasteiger partial charge in [-0.3, -0.25) is 0 Å². The van der Waals surface area contributed by atoms with Crippen molar-refractivity contribution in [3.63, 3.8) is 0 Å². The van der Waals surface area contributed by atoms with Crippen molar-refractivity contribution in [1.82, 2.24) is 0 Å². The number of rotatable bonds is 1. The molecule has 1 aliphatic heterocycles. The summed E-state index contributed by atoms with van der Waals surface area (Å²) in [6.45, 7) is 2.53. The highest BCUT2D eigenvalue weighted by Gasteiger charge is 2.33. The van der Waals surface area contributed by atoms with Crippen molar-refractivity contribution in [3.8, 4) is 5.75 Å². The molecule has 0 amide bonds. The molecule has 1 atom stereocenters. The molecule has 0 bridgehead atoms. The van der Waals surface area contributed by atoms with E-state index < -0.39 is 5.54 Å². The highest BCUT2D eigenvalue weighted by Crippen LogP contribution is 2.36. The molecule has 1 aliphatic rings. The van der Waals surface area contributed by atoms with Gasteiger partial charge in [0, 0.05) is 12.0 Å². The van der Waals surface area contributed by atoms with Gasteiger partial charge < -0.3 is 15.6 Å². The van der Waals surface area contributed by atoms with Crippen LogP contribution in [0.15, 0.2) is 18.2 Å². The van der Waals surface area contributed by atoms with Crippen molar-refractivity contribution in [2.75, 3.05) is 13.2 Å². The van der Waals surface area contributed by atoms with Crippen LogP contribution < -0.4 is 10.5 Å². The molecule has 0 saturated carbocycles. The van der Waals surface area contributed by atoms with E-state index in [1.165, 1.54) is 0 Å². The number of para-hydroxylation sites is 1. The predicted molar refractivity (Wildman–Crippen MR) is 54.2 cm³/mol. The van der Waals surface area contributed by atoms with E-state index >= 15 is 0 Å². The number of aryl methyl sites for hydroxylation is 1. The molecule has 3 heteroatoms. The van der Waals surface area contributed by atoms with Crippen LogP contribution in [-0.2, 0) is 5.54 Å². The van der Waals surface area contributed by atoms with Crippen LogP contribution in [0, 0.1) is 6.92 Å². The highest BCUT2D eigenvalue weighted by molar-refractivity contribution is 5.46. The third kappa shape index (κ3) is 1.29. The lowest BCUT2D eigenvalue weighted by Crippen LogP contribution is -2.44. The number of benzene rings is 1. The Morgan fingerprint density at radius 1 is 1.57 bits per heavy atom. The number of ether oxygens (including phenoxy) is 1. The van der Waals surface area contributed by atoms with Gasteiger partial charge in [-0.25, -0.2) is 0 Å². The first-order valence-corrected chi connectivity index (χ1v) is 4.80. The first kappa shape index (κ1) is 9.49. The van der Waals surface area contributed by atoms with Crippen molar-refractivity contribution in [2.24, 2.45) is 5.73 Å². The summed E-state index contributed by atoms with van der Waals surface area (Å²) in [6.07, 6.45) is 0.667. The average Bonchev–Trinajstić information content (AvgIpc) is 2.20. The summed E-state index contributed by atoms with van der Waals surface area (Å²) in [5.41, 5.74) is 7.48. The van der Waals surface area contributed by atoms with Gasteiger partial charge in [0.2, 0.25) is 0 Å². The van der Waals surface area contributed by atoms with Gasteiger partial charge in [0.15, 0.2) is 0 Å². The summed E-state index contributed by atoms with van der Waals surface area (Å²) in [5, 5.41) is 9.31. The molecule has 14 heavy (non-hydrogen) atoms. The molecule has 76 valence electrons. The second-order valence-electron chi connectivity index (χ2n) is 3.86. The Labute approximate surface area is 83.5 Å². The zero-order valence-corrected chi connectivity index (χ0v) is 8.29. The molecule has 1 aromatic carbocycles. The van der Waals surface area contributed by atoms with Gasteiger partial charge in [-0.1, -0.05) is 18.2 Å². The zero-order valence-electron chi connectivity index (χ0n) is 8.29. The highest BCUT2D eigenvalue weighted by atomic mass is 16.5. The van der Waals surface area contributed by atoms with Gasteiger partial charge in [0.05, 0.1) is 18.8 Å². The van der Waals surface area contributed by atoms with Crippen molar-refractivity contribution >= 4 is 0 Å². The minimum absolute atomic E-state index is 0.0349. The number of nitrogens with two attached hydrogens (primary N) is 1. The summed E-state index contributed by atoms with van der Waals surface area (Å²) in [6, 6.07) is 5.86. The molecule has 1 unspecified atom stereocenters. The van der Waals surface area contributed by atoms with E-state index in [2.05, 4.69) is 0 Å². The van der Waals surface area contributed by atoms with Crippen LogP contribution in [0.1, 0.15) is 17.5 Å². The maximum Gasteiger partial charge on any atom is 0.127 e. The van der Waals surface area contributed by atoms with Crippen molar-refractivity contribution in [3.05, 3.63) is 29.3 Å². The lowest BCUT2D eigenvalue weighted by molar-refractivity contribution is 0.138. The summed E-state index contributed by atoms with van der Waals surface area (Å²) in [7, 11) is 0. The Bertz CT molecular complexity index is 351. The smallest absolute Gasteiger partial charge is 0.127 e. The van der Waals surface area contributed by atoms with Crippen LogP contribution in [0.3, 0.4) is 0 Å². The van der Waals surface area contributed by atoms with Crippen LogP contribution in [0.2, 0.25) is 0 Å². The number of fused-ring (bicyclic) bond motifs is 1. The summed E-state index contributed by atoms with van der Waals surface area (Å²) >= 11 is 0. The molecule has 0 fully saturated rings. The minimum atomic E-state index is -0.625. The summed E-state index contributed by atoms with van der Waals surface area (Å²) in [5.74, 6) is 0.843. The second-order valence-corrected chi connectivity index (χ2v) is 3.86. The SMILES string of the molecule is Cc1cccc2c1OCCC2(N)CO. The van der Waals surface area contributed by atoms with Crippen molar-refractivity contribution in [1.29, 1.82) is 0 Å². The molecule has 0 spiro atoms. The van der Waals surface area contributed by atoms with Crippen LogP contribution in [-0.4, -0.2) is 18.3 Å². The van der Waals surface area contributed by atoms with Gasteiger partial charge in [0.1, 0.15) is 5.75 Å². The van der Waals surface area contributed by atoms with E-state index in [1.807, 2.05) is 25.1 Å². The fourth-order valence-electron chi connectivity index (χ4n) is 1.87. The lowest BCUT2D eigenvalue weighted by atomic mass is 9.85. The Morgan fingerprint density at radius 3 is 3.07 bits per heavy atom. The summed E-state index contributed by atoms with van der Waals surface area (Å²) in [4.78, 5) is 0. The quantitative estimate of drug-likeness (QED) is 0.697. The Kier molecular flexibility index (Phi) is 2.21.